The van der Waals surface area contributed by atoms with E-state index in [2.05, 4.69) is 9.71 Å². The zero-order chi connectivity index (χ0) is 19.6. The zero-order valence-electron chi connectivity index (χ0n) is 15.4. The summed E-state index contributed by atoms with van der Waals surface area (Å²) in [6.07, 6.45) is 3.29. The Morgan fingerprint density at radius 2 is 1.78 bits per heavy atom. The van der Waals surface area contributed by atoms with Crippen molar-refractivity contribution in [3.05, 3.63) is 83.7 Å². The number of sulfonamides is 1. The van der Waals surface area contributed by atoms with Crippen LogP contribution in [0.15, 0.2) is 65.8 Å². The minimum absolute atomic E-state index is 0.155. The first-order chi connectivity index (χ1) is 12.8. The van der Waals surface area contributed by atoms with Crippen LogP contribution in [-0.4, -0.2) is 18.0 Å². The summed E-state index contributed by atoms with van der Waals surface area (Å²) in [5.41, 5.74) is 1.53. The average Bonchev–Trinajstić information content (AvgIpc) is 3.05. The number of nitrogens with zero attached hydrogens (tertiary/aromatic N) is 2. The molecule has 0 saturated heterocycles. The molecular formula is C20H22FN3O2S. The Morgan fingerprint density at radius 1 is 1.07 bits per heavy atom. The topological polar surface area (TPSA) is 64.0 Å². The largest absolute Gasteiger partial charge is 0.336 e. The summed E-state index contributed by atoms with van der Waals surface area (Å²) >= 11 is 0. The first-order valence-electron chi connectivity index (χ1n) is 8.63. The van der Waals surface area contributed by atoms with Gasteiger partial charge in [0.1, 0.15) is 17.7 Å². The number of benzene rings is 2. The van der Waals surface area contributed by atoms with Gasteiger partial charge in [0.15, 0.2) is 0 Å². The van der Waals surface area contributed by atoms with Crippen LogP contribution in [0, 0.1) is 5.82 Å². The van der Waals surface area contributed by atoms with E-state index in [1.165, 1.54) is 12.1 Å². The maximum absolute atomic E-state index is 13.7. The van der Waals surface area contributed by atoms with E-state index in [-0.39, 0.29) is 4.90 Å². The SMILES string of the molecule is CC(C)c1ccc(S(=O)(=O)N[C@@H](c2cccc(F)c2)c2nccn2C)cc1. The van der Waals surface area contributed by atoms with Gasteiger partial charge in [-0.15, -0.1) is 0 Å². The number of halogens is 1. The van der Waals surface area contributed by atoms with E-state index in [9.17, 15) is 12.8 Å². The van der Waals surface area contributed by atoms with Gasteiger partial charge in [-0.1, -0.05) is 38.1 Å². The summed E-state index contributed by atoms with van der Waals surface area (Å²) in [6.45, 7) is 4.09. The minimum Gasteiger partial charge on any atom is -0.336 e. The lowest BCUT2D eigenvalue weighted by molar-refractivity contribution is 0.560. The van der Waals surface area contributed by atoms with Crippen molar-refractivity contribution < 1.29 is 12.8 Å². The van der Waals surface area contributed by atoms with E-state index < -0.39 is 21.9 Å². The van der Waals surface area contributed by atoms with Gasteiger partial charge in [0.25, 0.3) is 0 Å². The molecule has 3 rings (SSSR count). The highest BCUT2D eigenvalue weighted by atomic mass is 32.2. The van der Waals surface area contributed by atoms with Crippen molar-refractivity contribution in [1.82, 2.24) is 14.3 Å². The first-order valence-corrected chi connectivity index (χ1v) is 10.1. The Morgan fingerprint density at radius 3 is 2.33 bits per heavy atom. The van der Waals surface area contributed by atoms with Crippen LogP contribution in [0.1, 0.15) is 42.8 Å². The highest BCUT2D eigenvalue weighted by Crippen LogP contribution is 2.25. The molecule has 5 nitrogen and oxygen atoms in total. The van der Waals surface area contributed by atoms with Crippen molar-refractivity contribution >= 4 is 10.0 Å². The smallest absolute Gasteiger partial charge is 0.241 e. The van der Waals surface area contributed by atoms with E-state index in [0.717, 1.165) is 5.56 Å². The van der Waals surface area contributed by atoms with E-state index in [0.29, 0.717) is 17.3 Å². The average molecular weight is 387 g/mol. The number of hydrogen-bond acceptors (Lipinski definition) is 3. The normalized spacial score (nSPS) is 13.1. The van der Waals surface area contributed by atoms with Crippen molar-refractivity contribution in [3.8, 4) is 0 Å². The second kappa shape index (κ2) is 7.62. The first kappa shape index (κ1) is 19.3. The summed E-state index contributed by atoms with van der Waals surface area (Å²) in [7, 11) is -2.07. The van der Waals surface area contributed by atoms with Crippen LogP contribution >= 0.6 is 0 Å². The molecule has 0 aliphatic heterocycles. The number of aryl methyl sites for hydroxylation is 1. The predicted octanol–water partition coefficient (Wildman–Crippen LogP) is 3.75. The lowest BCUT2D eigenvalue weighted by Crippen LogP contribution is -2.31. The van der Waals surface area contributed by atoms with Crippen molar-refractivity contribution in [2.24, 2.45) is 7.05 Å². The van der Waals surface area contributed by atoms with Crippen LogP contribution in [0.5, 0.6) is 0 Å². The highest BCUT2D eigenvalue weighted by Gasteiger charge is 2.26. The Kier molecular flexibility index (Phi) is 5.43. The van der Waals surface area contributed by atoms with Crippen LogP contribution in [0.3, 0.4) is 0 Å². The molecule has 3 aromatic rings. The van der Waals surface area contributed by atoms with Gasteiger partial charge in [-0.25, -0.2) is 17.8 Å². The van der Waals surface area contributed by atoms with Gasteiger partial charge >= 0.3 is 0 Å². The molecule has 27 heavy (non-hydrogen) atoms. The molecule has 0 aliphatic carbocycles. The highest BCUT2D eigenvalue weighted by molar-refractivity contribution is 7.89. The van der Waals surface area contributed by atoms with Crippen LogP contribution in [0.25, 0.3) is 0 Å². The standard InChI is InChI=1S/C20H22FN3O2S/c1-14(2)15-7-9-18(10-8-15)27(25,26)23-19(20-22-11-12-24(20)3)16-5-4-6-17(21)13-16/h4-14,19,23H,1-3H3/t19-/m0/s1. The second-order valence-corrected chi connectivity index (χ2v) is 8.44. The number of nitrogens with one attached hydrogen (secondary N) is 1. The Bertz CT molecular complexity index is 1030. The fourth-order valence-electron chi connectivity index (χ4n) is 2.87. The van der Waals surface area contributed by atoms with Gasteiger partial charge in [-0.05, 0) is 41.3 Å². The molecule has 0 radical (unpaired) electrons. The van der Waals surface area contributed by atoms with Crippen LogP contribution in [0.2, 0.25) is 0 Å². The maximum atomic E-state index is 13.7. The van der Waals surface area contributed by atoms with Gasteiger partial charge in [0.05, 0.1) is 4.90 Å². The molecule has 1 heterocycles. The van der Waals surface area contributed by atoms with Crippen molar-refractivity contribution in [2.45, 2.75) is 30.7 Å². The summed E-state index contributed by atoms with van der Waals surface area (Å²) in [5, 5.41) is 0. The third-order valence-corrected chi connectivity index (χ3v) is 5.87. The third kappa shape index (κ3) is 4.26. The molecule has 0 unspecified atom stereocenters. The molecule has 0 saturated carbocycles. The summed E-state index contributed by atoms with van der Waals surface area (Å²) in [4.78, 5) is 4.41. The number of hydrogen-bond donors (Lipinski definition) is 1. The maximum Gasteiger partial charge on any atom is 0.241 e. The van der Waals surface area contributed by atoms with E-state index in [1.807, 2.05) is 13.8 Å². The molecule has 0 aliphatic rings. The third-order valence-electron chi connectivity index (χ3n) is 4.43. The van der Waals surface area contributed by atoms with Crippen LogP contribution < -0.4 is 4.72 Å². The zero-order valence-corrected chi connectivity index (χ0v) is 16.2. The Labute approximate surface area is 158 Å². The minimum atomic E-state index is -3.83. The number of aromatic nitrogens is 2. The molecule has 7 heteroatoms. The van der Waals surface area contributed by atoms with E-state index in [1.54, 1.807) is 60.4 Å². The van der Waals surface area contributed by atoms with Gasteiger partial charge in [-0.2, -0.15) is 4.72 Å². The summed E-state index contributed by atoms with van der Waals surface area (Å²) in [5.74, 6) is 0.345. The predicted molar refractivity (Wildman–Crippen MR) is 102 cm³/mol. The molecule has 1 atom stereocenters. The van der Waals surface area contributed by atoms with Crippen molar-refractivity contribution in [1.29, 1.82) is 0 Å². The summed E-state index contributed by atoms with van der Waals surface area (Å²) < 4.78 is 44.0. The molecule has 1 aromatic heterocycles. The quantitative estimate of drug-likeness (QED) is 0.701. The number of rotatable bonds is 6. The Balaban J connectivity index is 1.99. The number of imidazole rings is 1. The fourth-order valence-corrected chi connectivity index (χ4v) is 4.05. The molecule has 0 fully saturated rings. The molecule has 142 valence electrons. The molecule has 0 amide bonds. The summed E-state index contributed by atoms with van der Waals surface area (Å²) in [6, 6.07) is 11.8. The monoisotopic (exact) mass is 387 g/mol. The molecular weight excluding hydrogens is 365 g/mol. The molecule has 0 spiro atoms. The van der Waals surface area contributed by atoms with Crippen molar-refractivity contribution in [2.75, 3.05) is 0 Å². The van der Waals surface area contributed by atoms with Gasteiger partial charge in [-0.3, -0.25) is 0 Å². The molecule has 2 aromatic carbocycles. The van der Waals surface area contributed by atoms with Crippen molar-refractivity contribution in [3.63, 3.8) is 0 Å². The van der Waals surface area contributed by atoms with Gasteiger partial charge in [0, 0.05) is 19.4 Å². The molecule has 1 N–H and O–H groups in total. The lowest BCUT2D eigenvalue weighted by atomic mass is 10.0. The fraction of sp³-hybridized carbons (Fsp3) is 0.250. The van der Waals surface area contributed by atoms with Crippen LogP contribution in [-0.2, 0) is 17.1 Å². The van der Waals surface area contributed by atoms with Gasteiger partial charge in [0.2, 0.25) is 10.0 Å². The van der Waals surface area contributed by atoms with E-state index in [4.69, 9.17) is 0 Å². The Hall–Kier alpha value is -2.51. The second-order valence-electron chi connectivity index (χ2n) is 6.73. The van der Waals surface area contributed by atoms with E-state index >= 15 is 0 Å². The molecule has 0 bridgehead atoms. The lowest BCUT2D eigenvalue weighted by Gasteiger charge is -2.19. The van der Waals surface area contributed by atoms with Gasteiger partial charge < -0.3 is 4.57 Å². The van der Waals surface area contributed by atoms with Crippen LogP contribution in [0.4, 0.5) is 4.39 Å².